The number of carbonyl (C=O) groups excluding carboxylic acids is 2. The van der Waals surface area contributed by atoms with Crippen LogP contribution in [0.25, 0.3) is 0 Å². The van der Waals surface area contributed by atoms with Gasteiger partial charge in [0.15, 0.2) is 6.61 Å². The smallest absolute Gasteiger partial charge is 0.277 e. The molecule has 29 heavy (non-hydrogen) atoms. The lowest BCUT2D eigenvalue weighted by Gasteiger charge is -2.11. The molecule has 2 N–H and O–H groups in total. The molecule has 8 nitrogen and oxygen atoms in total. The molecule has 0 bridgehead atoms. The van der Waals surface area contributed by atoms with Gasteiger partial charge < -0.3 is 19.5 Å². The van der Waals surface area contributed by atoms with Crippen molar-refractivity contribution in [3.63, 3.8) is 0 Å². The molecule has 0 fully saturated rings. The van der Waals surface area contributed by atoms with Gasteiger partial charge in [-0.3, -0.25) is 9.59 Å². The standard InChI is InChI=1S/C21H25N3O5/c1-14-7-5-6-8-18(14)29-13-21(26)24-23-15(2)11-20(25)22-17-10-9-16(27-3)12-19(17)28-4/h5-10,12H,11,13H2,1-4H3,(H,22,25)(H,24,26). The predicted octanol–water partition coefficient (Wildman–Crippen LogP) is 2.91. The van der Waals surface area contributed by atoms with Gasteiger partial charge in [0.1, 0.15) is 17.2 Å². The number of aryl methyl sites for hydroxylation is 1. The van der Waals surface area contributed by atoms with Gasteiger partial charge in [0.2, 0.25) is 5.91 Å². The van der Waals surface area contributed by atoms with E-state index in [0.29, 0.717) is 28.6 Å². The van der Waals surface area contributed by atoms with E-state index in [0.717, 1.165) is 5.56 Å². The van der Waals surface area contributed by atoms with Crippen LogP contribution in [-0.2, 0) is 9.59 Å². The van der Waals surface area contributed by atoms with Gasteiger partial charge >= 0.3 is 0 Å². The number of nitrogens with one attached hydrogen (secondary N) is 2. The minimum atomic E-state index is -0.412. The number of benzene rings is 2. The zero-order valence-electron chi connectivity index (χ0n) is 16.9. The van der Waals surface area contributed by atoms with Crippen molar-refractivity contribution >= 4 is 23.2 Å². The van der Waals surface area contributed by atoms with Gasteiger partial charge in [-0.15, -0.1) is 0 Å². The second-order valence-electron chi connectivity index (χ2n) is 6.23. The van der Waals surface area contributed by atoms with E-state index in [1.807, 2.05) is 25.1 Å². The number of para-hydroxylation sites is 1. The summed E-state index contributed by atoms with van der Waals surface area (Å²) in [5.41, 5.74) is 4.28. The molecule has 2 aromatic carbocycles. The van der Waals surface area contributed by atoms with E-state index >= 15 is 0 Å². The zero-order valence-corrected chi connectivity index (χ0v) is 16.9. The van der Waals surface area contributed by atoms with Crippen LogP contribution in [0.3, 0.4) is 0 Å². The van der Waals surface area contributed by atoms with Crippen molar-refractivity contribution in [1.82, 2.24) is 5.43 Å². The van der Waals surface area contributed by atoms with E-state index in [1.165, 1.54) is 7.11 Å². The summed E-state index contributed by atoms with van der Waals surface area (Å²) in [6, 6.07) is 12.5. The molecule has 0 aliphatic carbocycles. The van der Waals surface area contributed by atoms with Crippen molar-refractivity contribution in [2.24, 2.45) is 5.10 Å². The molecule has 0 heterocycles. The Morgan fingerprint density at radius 2 is 1.76 bits per heavy atom. The van der Waals surface area contributed by atoms with Crippen LogP contribution in [0.2, 0.25) is 0 Å². The van der Waals surface area contributed by atoms with Crippen molar-refractivity contribution in [2.45, 2.75) is 20.3 Å². The van der Waals surface area contributed by atoms with Gasteiger partial charge in [-0.05, 0) is 37.6 Å². The third-order valence-electron chi connectivity index (χ3n) is 3.92. The van der Waals surface area contributed by atoms with Crippen LogP contribution in [0.4, 0.5) is 5.69 Å². The van der Waals surface area contributed by atoms with Crippen LogP contribution in [0.1, 0.15) is 18.9 Å². The van der Waals surface area contributed by atoms with Crippen LogP contribution in [0, 0.1) is 6.92 Å². The van der Waals surface area contributed by atoms with Crippen LogP contribution in [0.15, 0.2) is 47.6 Å². The summed E-state index contributed by atoms with van der Waals surface area (Å²) >= 11 is 0. The minimum Gasteiger partial charge on any atom is -0.497 e. The predicted molar refractivity (Wildman–Crippen MR) is 111 cm³/mol. The van der Waals surface area contributed by atoms with E-state index in [9.17, 15) is 9.59 Å². The average molecular weight is 399 g/mol. The Morgan fingerprint density at radius 3 is 2.45 bits per heavy atom. The fraction of sp³-hybridized carbons (Fsp3) is 0.286. The lowest BCUT2D eigenvalue weighted by Crippen LogP contribution is -2.26. The van der Waals surface area contributed by atoms with Gasteiger partial charge in [-0.2, -0.15) is 5.10 Å². The largest absolute Gasteiger partial charge is 0.497 e. The van der Waals surface area contributed by atoms with Crippen LogP contribution in [0.5, 0.6) is 17.2 Å². The summed E-state index contributed by atoms with van der Waals surface area (Å²) in [6.07, 6.45) is 0.00805. The topological polar surface area (TPSA) is 98.2 Å². The second kappa shape index (κ2) is 10.7. The van der Waals surface area contributed by atoms with Crippen molar-refractivity contribution in [2.75, 3.05) is 26.1 Å². The maximum Gasteiger partial charge on any atom is 0.277 e. The first-order valence-corrected chi connectivity index (χ1v) is 8.95. The summed E-state index contributed by atoms with van der Waals surface area (Å²) in [7, 11) is 3.05. The molecule has 8 heteroatoms. The number of hydrogen-bond donors (Lipinski definition) is 2. The second-order valence-corrected chi connectivity index (χ2v) is 6.23. The Labute approximate surface area is 169 Å². The fourth-order valence-electron chi connectivity index (χ4n) is 2.42. The molecule has 0 spiro atoms. The first-order valence-electron chi connectivity index (χ1n) is 8.95. The molecule has 0 radical (unpaired) electrons. The quantitative estimate of drug-likeness (QED) is 0.499. The van der Waals surface area contributed by atoms with E-state index in [4.69, 9.17) is 14.2 Å². The van der Waals surface area contributed by atoms with Crippen molar-refractivity contribution in [1.29, 1.82) is 0 Å². The SMILES string of the molecule is COc1ccc(NC(=O)CC(C)=NNC(=O)COc2ccccc2C)c(OC)c1. The average Bonchev–Trinajstić information content (AvgIpc) is 2.71. The summed E-state index contributed by atoms with van der Waals surface area (Å²) in [4.78, 5) is 24.1. The van der Waals surface area contributed by atoms with E-state index < -0.39 is 5.91 Å². The highest BCUT2D eigenvalue weighted by molar-refractivity contribution is 6.06. The summed E-state index contributed by atoms with van der Waals surface area (Å²) in [6.45, 7) is 3.37. The minimum absolute atomic E-state index is 0.00805. The number of methoxy groups -OCH3 is 2. The van der Waals surface area contributed by atoms with Gasteiger partial charge in [-0.1, -0.05) is 18.2 Å². The van der Waals surface area contributed by atoms with Gasteiger partial charge in [0.25, 0.3) is 5.91 Å². The maximum absolute atomic E-state index is 12.2. The normalized spacial score (nSPS) is 10.8. The zero-order chi connectivity index (χ0) is 21.2. The Hall–Kier alpha value is -3.55. The Bertz CT molecular complexity index is 896. The van der Waals surface area contributed by atoms with Gasteiger partial charge in [0.05, 0.1) is 26.3 Å². The Balaban J connectivity index is 1.83. The third-order valence-corrected chi connectivity index (χ3v) is 3.92. The van der Waals surface area contributed by atoms with Crippen molar-refractivity contribution < 1.29 is 23.8 Å². The molecular weight excluding hydrogens is 374 g/mol. The lowest BCUT2D eigenvalue weighted by atomic mass is 10.2. The lowest BCUT2D eigenvalue weighted by molar-refractivity contribution is -0.123. The number of hydrazone groups is 1. The van der Waals surface area contributed by atoms with E-state index in [-0.39, 0.29) is 18.9 Å². The number of rotatable bonds is 9. The number of anilines is 1. The molecule has 0 saturated heterocycles. The number of nitrogens with zero attached hydrogens (tertiary/aromatic N) is 1. The highest BCUT2D eigenvalue weighted by Crippen LogP contribution is 2.29. The monoisotopic (exact) mass is 399 g/mol. The first kappa shape index (κ1) is 21.7. The molecule has 0 aliphatic heterocycles. The molecule has 0 saturated carbocycles. The number of amides is 2. The Morgan fingerprint density at radius 1 is 1.00 bits per heavy atom. The number of ether oxygens (including phenoxy) is 3. The van der Waals surface area contributed by atoms with Crippen LogP contribution in [-0.4, -0.2) is 38.4 Å². The van der Waals surface area contributed by atoms with Crippen LogP contribution < -0.4 is 25.0 Å². The molecule has 0 aromatic heterocycles. The molecular formula is C21H25N3O5. The molecule has 2 amide bonds. The summed E-state index contributed by atoms with van der Waals surface area (Å²) in [5.74, 6) is 1.03. The van der Waals surface area contributed by atoms with Crippen molar-refractivity contribution in [3.8, 4) is 17.2 Å². The maximum atomic E-state index is 12.2. The van der Waals surface area contributed by atoms with Gasteiger partial charge in [-0.25, -0.2) is 5.43 Å². The molecule has 0 atom stereocenters. The molecule has 0 aliphatic rings. The van der Waals surface area contributed by atoms with E-state index in [2.05, 4.69) is 15.8 Å². The molecule has 154 valence electrons. The molecule has 2 rings (SSSR count). The summed E-state index contributed by atoms with van der Waals surface area (Å²) < 4.78 is 15.8. The number of carbonyl (C=O) groups is 2. The fourth-order valence-corrected chi connectivity index (χ4v) is 2.42. The third kappa shape index (κ3) is 6.84. The highest BCUT2D eigenvalue weighted by Gasteiger charge is 2.10. The van der Waals surface area contributed by atoms with E-state index in [1.54, 1.807) is 38.3 Å². The highest BCUT2D eigenvalue weighted by atomic mass is 16.5. The molecule has 2 aromatic rings. The summed E-state index contributed by atoms with van der Waals surface area (Å²) in [5, 5.41) is 6.68. The van der Waals surface area contributed by atoms with Crippen LogP contribution >= 0.6 is 0 Å². The Kier molecular flexibility index (Phi) is 8.02. The van der Waals surface area contributed by atoms with Crippen molar-refractivity contribution in [3.05, 3.63) is 48.0 Å². The first-order chi connectivity index (χ1) is 13.9. The van der Waals surface area contributed by atoms with Gasteiger partial charge in [0, 0.05) is 11.8 Å². The number of hydrogen-bond acceptors (Lipinski definition) is 6. The molecule has 0 unspecified atom stereocenters.